The summed E-state index contributed by atoms with van der Waals surface area (Å²) in [5, 5.41) is 2.31. The van der Waals surface area contributed by atoms with Gasteiger partial charge < -0.3 is 10.1 Å². The number of esters is 1. The maximum atomic E-state index is 10.4. The zero-order valence-corrected chi connectivity index (χ0v) is 5.88. The summed E-state index contributed by atoms with van der Waals surface area (Å²) in [7, 11) is 2.72. The lowest BCUT2D eigenvalue weighted by molar-refractivity contribution is -0.135. The molecule has 0 aromatic carbocycles. The summed E-state index contributed by atoms with van der Waals surface area (Å²) in [6, 6.07) is 0. The largest absolute Gasteiger partial charge is 0.466 e. The van der Waals surface area contributed by atoms with Gasteiger partial charge in [0.05, 0.1) is 7.11 Å². The van der Waals surface area contributed by atoms with Crippen molar-refractivity contribution in [2.45, 2.75) is 0 Å². The normalized spacial score (nSPS) is 9.40. The third-order valence-corrected chi connectivity index (χ3v) is 0.818. The van der Waals surface area contributed by atoms with Crippen LogP contribution in [0.5, 0.6) is 0 Å². The van der Waals surface area contributed by atoms with Gasteiger partial charge in [0.1, 0.15) is 0 Å². The number of methoxy groups -OCH3 is 1. The number of likely N-dealkylation sites (N-methyl/N-ethyl adjacent to an activating group) is 1. The van der Waals surface area contributed by atoms with Crippen molar-refractivity contribution in [2.24, 2.45) is 0 Å². The summed E-state index contributed by atoms with van der Waals surface area (Å²) < 4.78 is 4.24. The molecule has 0 heterocycles. The molecule has 0 aliphatic heterocycles. The van der Waals surface area contributed by atoms with Gasteiger partial charge in [0.25, 0.3) is 0 Å². The van der Waals surface area contributed by atoms with Crippen LogP contribution in [0, 0.1) is 0 Å². The third kappa shape index (κ3) is 3.65. The topological polar surface area (TPSA) is 55.4 Å². The number of hydrogen-bond donors (Lipinski definition) is 1. The second-order valence-electron chi connectivity index (χ2n) is 1.47. The van der Waals surface area contributed by atoms with Crippen molar-refractivity contribution in [2.75, 3.05) is 14.2 Å². The molecule has 1 amide bonds. The SMILES string of the molecule is CNC(=O)C=CC(=O)OC. The Balaban J connectivity index is 3.75. The van der Waals surface area contributed by atoms with Crippen molar-refractivity contribution in [1.29, 1.82) is 0 Å². The minimum atomic E-state index is -0.538. The van der Waals surface area contributed by atoms with E-state index in [1.807, 2.05) is 0 Å². The Kier molecular flexibility index (Phi) is 3.95. The Morgan fingerprint density at radius 2 is 2.00 bits per heavy atom. The summed E-state index contributed by atoms with van der Waals surface area (Å²) in [6.45, 7) is 0. The van der Waals surface area contributed by atoms with Gasteiger partial charge in [0.2, 0.25) is 5.91 Å². The first-order chi connectivity index (χ1) is 4.70. The van der Waals surface area contributed by atoms with Gasteiger partial charge in [-0.3, -0.25) is 4.79 Å². The van der Waals surface area contributed by atoms with E-state index in [0.717, 1.165) is 12.2 Å². The van der Waals surface area contributed by atoms with Crippen LogP contribution in [0.4, 0.5) is 0 Å². The molecule has 4 nitrogen and oxygen atoms in total. The number of ether oxygens (including phenoxy) is 1. The molecule has 10 heavy (non-hydrogen) atoms. The Hall–Kier alpha value is -1.32. The van der Waals surface area contributed by atoms with Crippen molar-refractivity contribution in [3.8, 4) is 0 Å². The van der Waals surface area contributed by atoms with Gasteiger partial charge in [0.15, 0.2) is 0 Å². The quantitative estimate of drug-likeness (QED) is 0.417. The molecule has 0 atom stereocenters. The fourth-order valence-electron chi connectivity index (χ4n) is 0.295. The van der Waals surface area contributed by atoms with Crippen LogP contribution in [0.3, 0.4) is 0 Å². The van der Waals surface area contributed by atoms with E-state index in [2.05, 4.69) is 10.1 Å². The van der Waals surface area contributed by atoms with Crippen molar-refractivity contribution in [3.63, 3.8) is 0 Å². The van der Waals surface area contributed by atoms with E-state index in [-0.39, 0.29) is 5.91 Å². The van der Waals surface area contributed by atoms with Crippen LogP contribution in [-0.2, 0) is 14.3 Å². The standard InChI is InChI=1S/C6H9NO3/c1-7-5(8)3-4-6(9)10-2/h3-4H,1-2H3,(H,7,8). The van der Waals surface area contributed by atoms with Gasteiger partial charge in [0, 0.05) is 19.2 Å². The minimum Gasteiger partial charge on any atom is -0.466 e. The fraction of sp³-hybridized carbons (Fsp3) is 0.333. The highest BCUT2D eigenvalue weighted by molar-refractivity contribution is 5.94. The molecule has 0 spiro atoms. The smallest absolute Gasteiger partial charge is 0.330 e. The second-order valence-corrected chi connectivity index (χ2v) is 1.47. The highest BCUT2D eigenvalue weighted by Gasteiger charge is 1.92. The Bertz CT molecular complexity index is 144. The van der Waals surface area contributed by atoms with Crippen LogP contribution in [0.1, 0.15) is 0 Å². The van der Waals surface area contributed by atoms with Crippen LogP contribution in [-0.4, -0.2) is 26.0 Å². The monoisotopic (exact) mass is 143 g/mol. The molecule has 0 aromatic heterocycles. The van der Waals surface area contributed by atoms with Gasteiger partial charge in [-0.05, 0) is 0 Å². The molecule has 0 saturated heterocycles. The molecule has 0 radical (unpaired) electrons. The maximum Gasteiger partial charge on any atom is 0.330 e. The zero-order chi connectivity index (χ0) is 7.98. The van der Waals surface area contributed by atoms with Crippen LogP contribution in [0.15, 0.2) is 12.2 Å². The highest BCUT2D eigenvalue weighted by Crippen LogP contribution is 1.76. The molecule has 1 N–H and O–H groups in total. The second kappa shape index (κ2) is 4.55. The average Bonchev–Trinajstić information content (AvgIpc) is 1.99. The summed E-state index contributed by atoms with van der Waals surface area (Å²) in [4.78, 5) is 20.8. The summed E-state index contributed by atoms with van der Waals surface area (Å²) in [5.74, 6) is -0.867. The van der Waals surface area contributed by atoms with E-state index in [0.29, 0.717) is 0 Å². The maximum absolute atomic E-state index is 10.4. The van der Waals surface area contributed by atoms with Gasteiger partial charge >= 0.3 is 5.97 Å². The lowest BCUT2D eigenvalue weighted by atomic mass is 10.5. The lowest BCUT2D eigenvalue weighted by Gasteiger charge is -1.89. The van der Waals surface area contributed by atoms with E-state index in [1.165, 1.54) is 14.2 Å². The number of carbonyl (C=O) groups excluding carboxylic acids is 2. The van der Waals surface area contributed by atoms with Gasteiger partial charge in [-0.15, -0.1) is 0 Å². The number of hydrogen-bond acceptors (Lipinski definition) is 3. The first-order valence-electron chi connectivity index (χ1n) is 2.68. The molecule has 0 rings (SSSR count). The Labute approximate surface area is 58.9 Å². The highest BCUT2D eigenvalue weighted by atomic mass is 16.5. The van der Waals surface area contributed by atoms with E-state index in [1.54, 1.807) is 0 Å². The van der Waals surface area contributed by atoms with Crippen molar-refractivity contribution in [3.05, 3.63) is 12.2 Å². The third-order valence-electron chi connectivity index (χ3n) is 0.818. The first-order valence-corrected chi connectivity index (χ1v) is 2.68. The van der Waals surface area contributed by atoms with Gasteiger partial charge in [-0.1, -0.05) is 0 Å². The summed E-state index contributed by atoms with van der Waals surface area (Å²) in [6.07, 6.45) is 2.16. The Morgan fingerprint density at radius 1 is 1.40 bits per heavy atom. The minimum absolute atomic E-state index is 0.328. The molecule has 0 bridgehead atoms. The average molecular weight is 143 g/mol. The van der Waals surface area contributed by atoms with Gasteiger partial charge in [-0.25, -0.2) is 4.79 Å². The number of nitrogens with one attached hydrogen (secondary N) is 1. The summed E-state index contributed by atoms with van der Waals surface area (Å²) in [5.41, 5.74) is 0. The van der Waals surface area contributed by atoms with Crippen LogP contribution >= 0.6 is 0 Å². The van der Waals surface area contributed by atoms with E-state index < -0.39 is 5.97 Å². The predicted molar refractivity (Wildman–Crippen MR) is 35.2 cm³/mol. The van der Waals surface area contributed by atoms with Crippen molar-refractivity contribution < 1.29 is 14.3 Å². The molecule has 4 heteroatoms. The van der Waals surface area contributed by atoms with Gasteiger partial charge in [-0.2, -0.15) is 0 Å². The lowest BCUT2D eigenvalue weighted by Crippen LogP contribution is -2.14. The first kappa shape index (κ1) is 8.68. The number of carbonyl (C=O) groups is 2. The fourth-order valence-corrected chi connectivity index (χ4v) is 0.295. The number of rotatable bonds is 2. The molecule has 0 aliphatic carbocycles. The molecule has 0 saturated carbocycles. The van der Waals surface area contributed by atoms with E-state index >= 15 is 0 Å². The summed E-state index contributed by atoms with van der Waals surface area (Å²) >= 11 is 0. The zero-order valence-electron chi connectivity index (χ0n) is 5.88. The number of amides is 1. The molecule has 56 valence electrons. The molecule has 0 aromatic rings. The van der Waals surface area contributed by atoms with Crippen LogP contribution in [0.25, 0.3) is 0 Å². The van der Waals surface area contributed by atoms with Crippen molar-refractivity contribution >= 4 is 11.9 Å². The van der Waals surface area contributed by atoms with E-state index in [4.69, 9.17) is 0 Å². The van der Waals surface area contributed by atoms with Crippen molar-refractivity contribution in [1.82, 2.24) is 5.32 Å². The van der Waals surface area contributed by atoms with E-state index in [9.17, 15) is 9.59 Å². The molecule has 0 aliphatic rings. The molecular weight excluding hydrogens is 134 g/mol. The Morgan fingerprint density at radius 3 is 2.40 bits per heavy atom. The van der Waals surface area contributed by atoms with Crippen LogP contribution in [0.2, 0.25) is 0 Å². The molecular formula is C6H9NO3. The van der Waals surface area contributed by atoms with Crippen LogP contribution < -0.4 is 5.32 Å². The molecule has 0 fully saturated rings. The molecule has 0 unspecified atom stereocenters. The predicted octanol–water partition coefficient (Wildman–Crippen LogP) is -0.538.